The van der Waals surface area contributed by atoms with Gasteiger partial charge in [-0.1, -0.05) is 78.9 Å². The Morgan fingerprint density at radius 3 is 2.09 bits per heavy atom. The third-order valence-corrected chi connectivity index (χ3v) is 5.86. The van der Waals surface area contributed by atoms with Crippen LogP contribution in [0.25, 0.3) is 11.1 Å². The van der Waals surface area contributed by atoms with Crippen molar-refractivity contribution in [1.82, 2.24) is 5.32 Å². The fraction of sp³-hybridized carbons (Fsp3) is 0.259. The fourth-order valence-electron chi connectivity index (χ4n) is 4.19. The maximum atomic E-state index is 13.0. The van der Waals surface area contributed by atoms with Crippen LogP contribution in [0.3, 0.4) is 0 Å². The molecule has 1 aliphatic carbocycles. The van der Waals surface area contributed by atoms with Gasteiger partial charge in [-0.3, -0.25) is 9.59 Å². The molecule has 5 nitrogen and oxygen atoms in total. The van der Waals surface area contributed by atoms with Crippen LogP contribution < -0.4 is 11.1 Å². The second-order valence-electron chi connectivity index (χ2n) is 8.09. The van der Waals surface area contributed by atoms with Crippen molar-refractivity contribution in [2.24, 2.45) is 5.73 Å². The van der Waals surface area contributed by atoms with Crippen molar-refractivity contribution in [2.75, 3.05) is 6.54 Å². The molecule has 0 fully saturated rings. The van der Waals surface area contributed by atoms with Crippen LogP contribution >= 0.6 is 0 Å². The molecule has 164 valence electrons. The normalized spacial score (nSPS) is 13.2. The van der Waals surface area contributed by atoms with E-state index in [-0.39, 0.29) is 18.4 Å². The monoisotopic (exact) mass is 428 g/mol. The minimum Gasteiger partial charge on any atom is -0.460 e. The summed E-state index contributed by atoms with van der Waals surface area (Å²) < 4.78 is 5.29. The van der Waals surface area contributed by atoms with Gasteiger partial charge >= 0.3 is 5.97 Å². The highest BCUT2D eigenvalue weighted by molar-refractivity contribution is 5.96. The standard InChI is InChI=1S/C27H28N2O3/c28-24(27(31)32-18-19-10-2-1-3-11-19)16-8-9-17-29-26(30)25-22-14-6-4-12-20(22)21-13-5-7-15-23(21)25/h1-7,10-15,24-25H,8-9,16-18,28H2,(H,29,30)/t24-/m0/s1. The van der Waals surface area contributed by atoms with E-state index >= 15 is 0 Å². The van der Waals surface area contributed by atoms with Crippen molar-refractivity contribution in [3.8, 4) is 11.1 Å². The number of nitrogens with one attached hydrogen (secondary N) is 1. The molecule has 0 heterocycles. The maximum absolute atomic E-state index is 13.0. The molecule has 3 aromatic rings. The number of esters is 1. The van der Waals surface area contributed by atoms with Crippen LogP contribution in [0, 0.1) is 0 Å². The highest BCUT2D eigenvalue weighted by atomic mass is 16.5. The third-order valence-electron chi connectivity index (χ3n) is 5.86. The van der Waals surface area contributed by atoms with Crippen molar-refractivity contribution in [3.05, 3.63) is 95.6 Å². The number of fused-ring (bicyclic) bond motifs is 3. The SMILES string of the molecule is N[C@@H](CCCCNC(=O)C1c2ccccc2-c2ccccc21)C(=O)OCc1ccccc1. The quantitative estimate of drug-likeness (QED) is 0.396. The van der Waals surface area contributed by atoms with Gasteiger partial charge in [0.1, 0.15) is 12.6 Å². The van der Waals surface area contributed by atoms with Crippen LogP contribution in [0.2, 0.25) is 0 Å². The molecule has 0 saturated carbocycles. The topological polar surface area (TPSA) is 81.4 Å². The number of ether oxygens (including phenoxy) is 1. The molecule has 3 N–H and O–H groups in total. The van der Waals surface area contributed by atoms with Gasteiger partial charge in [-0.05, 0) is 47.1 Å². The summed E-state index contributed by atoms with van der Waals surface area (Å²) >= 11 is 0. The summed E-state index contributed by atoms with van der Waals surface area (Å²) in [7, 11) is 0. The first-order valence-corrected chi connectivity index (χ1v) is 11.1. The third kappa shape index (κ3) is 4.89. The zero-order valence-corrected chi connectivity index (χ0v) is 18.0. The van der Waals surface area contributed by atoms with E-state index in [1.165, 1.54) is 0 Å². The smallest absolute Gasteiger partial charge is 0.323 e. The lowest BCUT2D eigenvalue weighted by Gasteiger charge is -2.15. The molecule has 1 aliphatic rings. The van der Waals surface area contributed by atoms with E-state index in [0.717, 1.165) is 40.7 Å². The van der Waals surface area contributed by atoms with Crippen molar-refractivity contribution in [1.29, 1.82) is 0 Å². The van der Waals surface area contributed by atoms with Crippen LogP contribution in [0.1, 0.15) is 41.9 Å². The number of hydrogen-bond acceptors (Lipinski definition) is 4. The first-order chi connectivity index (χ1) is 15.6. The van der Waals surface area contributed by atoms with Crippen molar-refractivity contribution >= 4 is 11.9 Å². The van der Waals surface area contributed by atoms with Crippen LogP contribution in [0.5, 0.6) is 0 Å². The molecule has 0 bridgehead atoms. The van der Waals surface area contributed by atoms with E-state index < -0.39 is 12.0 Å². The van der Waals surface area contributed by atoms with Crippen LogP contribution in [0.15, 0.2) is 78.9 Å². The number of carbonyl (C=O) groups excluding carboxylic acids is 2. The Bertz CT molecular complexity index is 1040. The van der Waals surface area contributed by atoms with Gasteiger partial charge in [0, 0.05) is 6.54 Å². The lowest BCUT2D eigenvalue weighted by Crippen LogP contribution is -2.33. The van der Waals surface area contributed by atoms with Crippen LogP contribution in [-0.2, 0) is 20.9 Å². The summed E-state index contributed by atoms with van der Waals surface area (Å²) in [5.41, 5.74) is 11.3. The molecule has 0 unspecified atom stereocenters. The molecule has 5 heteroatoms. The average molecular weight is 429 g/mol. The summed E-state index contributed by atoms with van der Waals surface area (Å²) in [5, 5.41) is 3.06. The number of benzene rings is 3. The fourth-order valence-corrected chi connectivity index (χ4v) is 4.19. The predicted molar refractivity (Wildman–Crippen MR) is 125 cm³/mol. The number of rotatable bonds is 9. The van der Waals surface area contributed by atoms with E-state index in [1.807, 2.05) is 66.7 Å². The van der Waals surface area contributed by atoms with E-state index in [9.17, 15) is 9.59 Å². The first kappa shape index (κ1) is 21.8. The number of carbonyl (C=O) groups is 2. The van der Waals surface area contributed by atoms with Gasteiger partial charge in [0.05, 0.1) is 5.92 Å². The zero-order chi connectivity index (χ0) is 22.3. The van der Waals surface area contributed by atoms with Gasteiger partial charge in [0.25, 0.3) is 0 Å². The number of nitrogens with two attached hydrogens (primary N) is 1. The Hall–Kier alpha value is -3.44. The molecule has 0 aromatic heterocycles. The lowest BCUT2D eigenvalue weighted by molar-refractivity contribution is -0.146. The molecular weight excluding hydrogens is 400 g/mol. The highest BCUT2D eigenvalue weighted by Crippen LogP contribution is 2.44. The first-order valence-electron chi connectivity index (χ1n) is 11.1. The minimum absolute atomic E-state index is 0.00830. The number of unbranched alkanes of at least 4 members (excludes halogenated alkanes) is 1. The highest BCUT2D eigenvalue weighted by Gasteiger charge is 2.33. The Kier molecular flexibility index (Phi) is 6.97. The number of hydrogen-bond donors (Lipinski definition) is 2. The molecule has 1 amide bonds. The lowest BCUT2D eigenvalue weighted by atomic mass is 9.96. The molecule has 0 aliphatic heterocycles. The molecule has 0 spiro atoms. The second-order valence-corrected chi connectivity index (χ2v) is 8.09. The molecule has 0 radical (unpaired) electrons. The van der Waals surface area contributed by atoms with E-state index in [2.05, 4.69) is 17.4 Å². The molecular formula is C27H28N2O3. The van der Waals surface area contributed by atoms with Gasteiger partial charge in [-0.2, -0.15) is 0 Å². The molecule has 3 aromatic carbocycles. The molecule has 0 saturated heterocycles. The Balaban J connectivity index is 1.21. The molecule has 4 rings (SSSR count). The predicted octanol–water partition coefficient (Wildman–Crippen LogP) is 4.16. The van der Waals surface area contributed by atoms with Crippen molar-refractivity contribution in [2.45, 2.75) is 37.8 Å². The van der Waals surface area contributed by atoms with Gasteiger partial charge in [0.15, 0.2) is 0 Å². The Labute approximate surface area is 188 Å². The van der Waals surface area contributed by atoms with Gasteiger partial charge in [0.2, 0.25) is 5.91 Å². The van der Waals surface area contributed by atoms with E-state index in [4.69, 9.17) is 10.5 Å². The minimum atomic E-state index is -0.650. The largest absolute Gasteiger partial charge is 0.460 e. The Morgan fingerprint density at radius 1 is 0.844 bits per heavy atom. The second kappa shape index (κ2) is 10.2. The summed E-state index contributed by atoms with van der Waals surface area (Å²) in [6, 6.07) is 25.0. The van der Waals surface area contributed by atoms with Crippen molar-refractivity contribution < 1.29 is 14.3 Å². The molecule has 32 heavy (non-hydrogen) atoms. The van der Waals surface area contributed by atoms with E-state index in [0.29, 0.717) is 13.0 Å². The molecule has 1 atom stereocenters. The van der Waals surface area contributed by atoms with Gasteiger partial charge in [-0.15, -0.1) is 0 Å². The maximum Gasteiger partial charge on any atom is 0.323 e. The van der Waals surface area contributed by atoms with E-state index in [1.54, 1.807) is 0 Å². The zero-order valence-electron chi connectivity index (χ0n) is 18.0. The summed E-state index contributed by atoms with van der Waals surface area (Å²) in [4.78, 5) is 25.1. The van der Waals surface area contributed by atoms with Crippen molar-refractivity contribution in [3.63, 3.8) is 0 Å². The van der Waals surface area contributed by atoms with Gasteiger partial charge < -0.3 is 15.8 Å². The average Bonchev–Trinajstić information content (AvgIpc) is 3.17. The van der Waals surface area contributed by atoms with Crippen LogP contribution in [-0.4, -0.2) is 24.5 Å². The summed E-state index contributed by atoms with van der Waals surface area (Å²) in [6.07, 6.45) is 2.01. The summed E-state index contributed by atoms with van der Waals surface area (Å²) in [5.74, 6) is -0.663. The van der Waals surface area contributed by atoms with Gasteiger partial charge in [-0.25, -0.2) is 0 Å². The summed E-state index contributed by atoms with van der Waals surface area (Å²) in [6.45, 7) is 0.777. The Morgan fingerprint density at radius 2 is 1.44 bits per heavy atom. The van der Waals surface area contributed by atoms with Crippen LogP contribution in [0.4, 0.5) is 0 Å². The number of amides is 1.